The van der Waals surface area contributed by atoms with Crippen LogP contribution in [0, 0.1) is 17.2 Å². The van der Waals surface area contributed by atoms with Crippen molar-refractivity contribution in [2.24, 2.45) is 5.92 Å². The van der Waals surface area contributed by atoms with Crippen molar-refractivity contribution in [3.8, 4) is 6.07 Å². The lowest BCUT2D eigenvalue weighted by molar-refractivity contribution is -0.130. The number of hydrogen-bond donors (Lipinski definition) is 1. The number of carbonyl (C=O) groups is 2. The van der Waals surface area contributed by atoms with E-state index in [1.165, 1.54) is 25.7 Å². The average Bonchev–Trinajstić information content (AvgIpc) is 2.98. The van der Waals surface area contributed by atoms with E-state index < -0.39 is 0 Å². The molecule has 0 aromatic heterocycles. The molecule has 0 spiro atoms. The summed E-state index contributed by atoms with van der Waals surface area (Å²) in [6, 6.07) is 10.3. The van der Waals surface area contributed by atoms with Gasteiger partial charge in [-0.3, -0.25) is 9.59 Å². The van der Waals surface area contributed by atoms with E-state index in [-0.39, 0.29) is 23.8 Å². The first-order chi connectivity index (χ1) is 14.6. The van der Waals surface area contributed by atoms with Crippen LogP contribution in [0.1, 0.15) is 63.4 Å². The Morgan fingerprint density at radius 1 is 1.00 bits per heavy atom. The van der Waals surface area contributed by atoms with Gasteiger partial charge < -0.3 is 15.1 Å². The first kappa shape index (κ1) is 20.7. The maximum Gasteiger partial charge on any atom is 0.225 e. The number of nitrogens with one attached hydrogen (secondary N) is 1. The van der Waals surface area contributed by atoms with Crippen molar-refractivity contribution in [2.45, 2.75) is 69.9 Å². The highest BCUT2D eigenvalue weighted by Crippen LogP contribution is 2.28. The standard InChI is InChI=1S/C24H32N4O2/c25-16-18-7-9-21(10-8-18)27-13-11-20(12-14-27)26-24(30)19-15-23(29)28(17-19)22-5-3-1-2-4-6-22/h7-10,19-20,22H,1-6,11-15,17H2,(H,26,30). The molecule has 2 heterocycles. The van der Waals surface area contributed by atoms with E-state index in [1.807, 2.05) is 29.2 Å². The minimum absolute atomic E-state index is 0.0521. The summed E-state index contributed by atoms with van der Waals surface area (Å²) in [4.78, 5) is 29.7. The van der Waals surface area contributed by atoms with Gasteiger partial charge in [0.25, 0.3) is 0 Å². The molecule has 0 radical (unpaired) electrons. The fourth-order valence-electron chi connectivity index (χ4n) is 5.18. The van der Waals surface area contributed by atoms with Crippen LogP contribution in [-0.4, -0.2) is 48.4 Å². The summed E-state index contributed by atoms with van der Waals surface area (Å²) in [5.41, 5.74) is 1.80. The SMILES string of the molecule is N#Cc1ccc(N2CCC(NC(=O)C3CC(=O)N(C4CCCCCC4)C3)CC2)cc1. The van der Waals surface area contributed by atoms with Gasteiger partial charge in [0.2, 0.25) is 11.8 Å². The molecule has 30 heavy (non-hydrogen) atoms. The van der Waals surface area contributed by atoms with E-state index in [1.54, 1.807) is 0 Å². The lowest BCUT2D eigenvalue weighted by Gasteiger charge is -2.34. The molecule has 3 fully saturated rings. The third kappa shape index (κ3) is 4.77. The lowest BCUT2D eigenvalue weighted by Crippen LogP contribution is -2.47. The van der Waals surface area contributed by atoms with Gasteiger partial charge in [-0.1, -0.05) is 25.7 Å². The first-order valence-corrected chi connectivity index (χ1v) is 11.5. The highest BCUT2D eigenvalue weighted by Gasteiger charge is 2.38. The number of nitriles is 1. The molecule has 1 aromatic carbocycles. The van der Waals surface area contributed by atoms with Crippen molar-refractivity contribution in [1.29, 1.82) is 5.26 Å². The third-order valence-corrected chi connectivity index (χ3v) is 7.00. The monoisotopic (exact) mass is 408 g/mol. The molecule has 6 nitrogen and oxygen atoms in total. The predicted molar refractivity (Wildman–Crippen MR) is 116 cm³/mol. The van der Waals surface area contributed by atoms with Crippen LogP contribution in [0.2, 0.25) is 0 Å². The molecule has 6 heteroatoms. The fourth-order valence-corrected chi connectivity index (χ4v) is 5.18. The largest absolute Gasteiger partial charge is 0.371 e. The van der Waals surface area contributed by atoms with E-state index in [0.717, 1.165) is 44.5 Å². The zero-order chi connectivity index (χ0) is 20.9. The second-order valence-corrected chi connectivity index (χ2v) is 9.02. The molecule has 4 rings (SSSR count). The molecule has 1 unspecified atom stereocenters. The van der Waals surface area contributed by atoms with E-state index in [0.29, 0.717) is 24.6 Å². The summed E-state index contributed by atoms with van der Waals surface area (Å²) in [6.45, 7) is 2.36. The van der Waals surface area contributed by atoms with E-state index >= 15 is 0 Å². The number of nitrogens with zero attached hydrogens (tertiary/aromatic N) is 3. The fraction of sp³-hybridized carbons (Fsp3) is 0.625. The zero-order valence-electron chi connectivity index (χ0n) is 17.7. The van der Waals surface area contributed by atoms with Crippen LogP contribution in [0.25, 0.3) is 0 Å². The molecule has 1 aromatic rings. The molecule has 1 atom stereocenters. The maximum absolute atomic E-state index is 12.8. The van der Waals surface area contributed by atoms with Gasteiger partial charge >= 0.3 is 0 Å². The number of likely N-dealkylation sites (tertiary alicyclic amines) is 1. The molecule has 160 valence electrons. The van der Waals surface area contributed by atoms with E-state index in [2.05, 4.69) is 16.3 Å². The normalized spacial score (nSPS) is 23.8. The Morgan fingerprint density at radius 2 is 1.67 bits per heavy atom. The number of carbonyl (C=O) groups excluding carboxylic acids is 2. The number of amides is 2. The number of benzene rings is 1. The summed E-state index contributed by atoms with van der Waals surface area (Å²) in [5.74, 6) is 0.0197. The molecule has 2 aliphatic heterocycles. The minimum atomic E-state index is -0.197. The second kappa shape index (κ2) is 9.51. The van der Waals surface area contributed by atoms with Crippen LogP contribution in [0.15, 0.2) is 24.3 Å². The van der Waals surface area contributed by atoms with Crippen LogP contribution < -0.4 is 10.2 Å². The van der Waals surface area contributed by atoms with Crippen molar-refractivity contribution in [3.05, 3.63) is 29.8 Å². The van der Waals surface area contributed by atoms with Gasteiger partial charge in [-0.25, -0.2) is 0 Å². The molecular formula is C24H32N4O2. The van der Waals surface area contributed by atoms with Crippen molar-refractivity contribution in [2.75, 3.05) is 24.5 Å². The molecule has 2 saturated heterocycles. The van der Waals surface area contributed by atoms with Gasteiger partial charge in [-0.2, -0.15) is 5.26 Å². The van der Waals surface area contributed by atoms with E-state index in [9.17, 15) is 9.59 Å². The third-order valence-electron chi connectivity index (χ3n) is 7.00. The van der Waals surface area contributed by atoms with Crippen LogP contribution >= 0.6 is 0 Å². The number of piperidine rings is 1. The topological polar surface area (TPSA) is 76.4 Å². The first-order valence-electron chi connectivity index (χ1n) is 11.5. The summed E-state index contributed by atoms with van der Waals surface area (Å²) < 4.78 is 0. The highest BCUT2D eigenvalue weighted by atomic mass is 16.2. The highest BCUT2D eigenvalue weighted by molar-refractivity contribution is 5.89. The predicted octanol–water partition coefficient (Wildman–Crippen LogP) is 3.21. The Bertz CT molecular complexity index is 784. The van der Waals surface area contributed by atoms with Crippen LogP contribution in [0.3, 0.4) is 0 Å². The minimum Gasteiger partial charge on any atom is -0.371 e. The summed E-state index contributed by atoms with van der Waals surface area (Å²) in [5, 5.41) is 12.2. The van der Waals surface area contributed by atoms with E-state index in [4.69, 9.17) is 5.26 Å². The van der Waals surface area contributed by atoms with Crippen molar-refractivity contribution < 1.29 is 9.59 Å². The smallest absolute Gasteiger partial charge is 0.225 e. The Hall–Kier alpha value is -2.55. The van der Waals surface area contributed by atoms with Crippen molar-refractivity contribution >= 4 is 17.5 Å². The Labute approximate surface area is 179 Å². The second-order valence-electron chi connectivity index (χ2n) is 9.02. The Balaban J connectivity index is 1.25. The van der Waals surface area contributed by atoms with Gasteiger partial charge in [-0.15, -0.1) is 0 Å². The maximum atomic E-state index is 12.8. The Morgan fingerprint density at radius 3 is 2.30 bits per heavy atom. The summed E-state index contributed by atoms with van der Waals surface area (Å²) in [7, 11) is 0. The summed E-state index contributed by atoms with van der Waals surface area (Å²) >= 11 is 0. The average molecular weight is 409 g/mol. The number of hydrogen-bond acceptors (Lipinski definition) is 4. The summed E-state index contributed by atoms with van der Waals surface area (Å²) in [6.07, 6.45) is 9.28. The molecule has 1 saturated carbocycles. The van der Waals surface area contributed by atoms with Gasteiger partial charge in [-0.05, 0) is 49.9 Å². The zero-order valence-corrected chi connectivity index (χ0v) is 17.7. The quantitative estimate of drug-likeness (QED) is 0.776. The van der Waals surface area contributed by atoms with Gasteiger partial charge in [0, 0.05) is 43.8 Å². The van der Waals surface area contributed by atoms with Crippen LogP contribution in [0.5, 0.6) is 0 Å². The van der Waals surface area contributed by atoms with Crippen LogP contribution in [0.4, 0.5) is 5.69 Å². The lowest BCUT2D eigenvalue weighted by atomic mass is 10.0. The number of anilines is 1. The van der Waals surface area contributed by atoms with Gasteiger partial charge in [0.05, 0.1) is 17.6 Å². The van der Waals surface area contributed by atoms with Crippen molar-refractivity contribution in [3.63, 3.8) is 0 Å². The van der Waals surface area contributed by atoms with Gasteiger partial charge in [0.1, 0.15) is 0 Å². The molecule has 1 N–H and O–H groups in total. The molecule has 0 bridgehead atoms. The number of rotatable bonds is 4. The molecule has 1 aliphatic carbocycles. The Kier molecular flexibility index (Phi) is 6.56. The van der Waals surface area contributed by atoms with Crippen molar-refractivity contribution in [1.82, 2.24) is 10.2 Å². The molecule has 3 aliphatic rings. The molecular weight excluding hydrogens is 376 g/mol. The molecule has 2 amide bonds. The van der Waals surface area contributed by atoms with Gasteiger partial charge in [0.15, 0.2) is 0 Å². The van der Waals surface area contributed by atoms with Crippen LogP contribution in [-0.2, 0) is 9.59 Å².